The molecule has 1 amide bonds. The molecule has 0 heterocycles. The largest absolute Gasteiger partial charge is 0.341 e. The summed E-state index contributed by atoms with van der Waals surface area (Å²) >= 11 is 1.68. The lowest BCUT2D eigenvalue weighted by Gasteiger charge is -2.17. The number of carbonyl (C=O) groups is 1. The minimum Gasteiger partial charge on any atom is -0.341 e. The van der Waals surface area contributed by atoms with Gasteiger partial charge in [-0.3, -0.25) is 4.79 Å². The Bertz CT molecular complexity index is 622. The molecule has 3 heteroatoms. The van der Waals surface area contributed by atoms with Crippen LogP contribution in [0.5, 0.6) is 0 Å². The topological polar surface area (TPSA) is 20.3 Å². The first-order valence-corrected chi connectivity index (χ1v) is 8.63. The Morgan fingerprint density at radius 2 is 1.73 bits per heavy atom. The molecule has 2 aromatic rings. The Hall–Kier alpha value is -1.74. The second-order valence-corrected chi connectivity index (χ2v) is 6.64. The molecule has 0 bridgehead atoms. The zero-order chi connectivity index (χ0) is 15.9. The fourth-order valence-electron chi connectivity index (χ4n) is 2.19. The van der Waals surface area contributed by atoms with Crippen LogP contribution >= 0.6 is 11.8 Å². The maximum Gasteiger partial charge on any atom is 0.232 e. The second kappa shape index (κ2) is 8.04. The highest BCUT2D eigenvalue weighted by Crippen LogP contribution is 2.16. The number of hydrogen-bond donors (Lipinski definition) is 0. The molecule has 0 spiro atoms. The first-order chi connectivity index (χ1) is 10.6. The first kappa shape index (κ1) is 16.6. The van der Waals surface area contributed by atoms with Crippen molar-refractivity contribution in [3.05, 3.63) is 70.8 Å². The van der Waals surface area contributed by atoms with Crippen LogP contribution in [0, 0.1) is 13.8 Å². The summed E-state index contributed by atoms with van der Waals surface area (Å²) in [5.74, 6) is 1.59. The summed E-state index contributed by atoms with van der Waals surface area (Å²) in [6.07, 6.45) is 0. The molecule has 0 N–H and O–H groups in total. The van der Waals surface area contributed by atoms with E-state index in [9.17, 15) is 4.79 Å². The predicted molar refractivity (Wildman–Crippen MR) is 95.0 cm³/mol. The van der Waals surface area contributed by atoms with E-state index in [2.05, 4.69) is 50.2 Å². The van der Waals surface area contributed by atoms with Gasteiger partial charge in [-0.15, -0.1) is 11.8 Å². The molecule has 0 radical (unpaired) electrons. The lowest BCUT2D eigenvalue weighted by molar-refractivity contribution is -0.127. The van der Waals surface area contributed by atoms with Crippen LogP contribution < -0.4 is 0 Å². The number of carbonyl (C=O) groups excluding carboxylic acids is 1. The lowest BCUT2D eigenvalue weighted by atomic mass is 10.1. The molecule has 116 valence electrons. The van der Waals surface area contributed by atoms with Crippen LogP contribution in [0.4, 0.5) is 0 Å². The van der Waals surface area contributed by atoms with Crippen LogP contribution in [-0.4, -0.2) is 23.6 Å². The first-order valence-electron chi connectivity index (χ1n) is 7.48. The van der Waals surface area contributed by atoms with Crippen LogP contribution in [0.1, 0.15) is 22.3 Å². The minimum atomic E-state index is 0.180. The fraction of sp³-hybridized carbons (Fsp3) is 0.316. The van der Waals surface area contributed by atoms with Crippen molar-refractivity contribution in [2.24, 2.45) is 0 Å². The van der Waals surface area contributed by atoms with Gasteiger partial charge in [-0.25, -0.2) is 0 Å². The molecule has 0 aliphatic heterocycles. The third-order valence-electron chi connectivity index (χ3n) is 3.71. The van der Waals surface area contributed by atoms with Gasteiger partial charge in [-0.1, -0.05) is 54.1 Å². The summed E-state index contributed by atoms with van der Waals surface area (Å²) in [4.78, 5) is 14.0. The van der Waals surface area contributed by atoms with Gasteiger partial charge in [-0.2, -0.15) is 0 Å². The molecule has 0 saturated heterocycles. The van der Waals surface area contributed by atoms with Gasteiger partial charge >= 0.3 is 0 Å². The van der Waals surface area contributed by atoms with E-state index < -0.39 is 0 Å². The monoisotopic (exact) mass is 313 g/mol. The SMILES string of the molecule is Cc1ccc(CN(C)C(=O)CSCc2ccccc2C)cc1. The van der Waals surface area contributed by atoms with Crippen LogP contribution in [0.25, 0.3) is 0 Å². The summed E-state index contributed by atoms with van der Waals surface area (Å²) in [6, 6.07) is 16.7. The van der Waals surface area contributed by atoms with E-state index in [1.165, 1.54) is 22.3 Å². The Morgan fingerprint density at radius 1 is 1.05 bits per heavy atom. The summed E-state index contributed by atoms with van der Waals surface area (Å²) < 4.78 is 0. The second-order valence-electron chi connectivity index (χ2n) is 5.65. The third kappa shape index (κ3) is 4.92. The van der Waals surface area contributed by atoms with Crippen LogP contribution in [0.3, 0.4) is 0 Å². The normalized spacial score (nSPS) is 10.5. The van der Waals surface area contributed by atoms with Crippen molar-refractivity contribution in [2.45, 2.75) is 26.1 Å². The average molecular weight is 313 g/mol. The molecule has 0 unspecified atom stereocenters. The van der Waals surface area contributed by atoms with Gasteiger partial charge in [0, 0.05) is 19.3 Å². The van der Waals surface area contributed by atoms with Gasteiger partial charge < -0.3 is 4.90 Å². The summed E-state index contributed by atoms with van der Waals surface area (Å²) in [5, 5.41) is 0. The molecule has 22 heavy (non-hydrogen) atoms. The Morgan fingerprint density at radius 3 is 2.41 bits per heavy atom. The van der Waals surface area contributed by atoms with Crippen molar-refractivity contribution < 1.29 is 4.79 Å². The standard InChI is InChI=1S/C19H23NOS/c1-15-8-10-17(11-9-15)12-20(3)19(21)14-22-13-18-7-5-4-6-16(18)2/h4-11H,12-14H2,1-3H3. The van der Waals surface area contributed by atoms with Crippen LogP contribution in [0.2, 0.25) is 0 Å². The van der Waals surface area contributed by atoms with Crippen molar-refractivity contribution in [3.8, 4) is 0 Å². The van der Waals surface area contributed by atoms with Crippen molar-refractivity contribution in [1.29, 1.82) is 0 Å². The highest BCUT2D eigenvalue weighted by Gasteiger charge is 2.09. The minimum absolute atomic E-state index is 0.180. The molecule has 0 atom stereocenters. The van der Waals surface area contributed by atoms with Crippen LogP contribution in [0.15, 0.2) is 48.5 Å². The highest BCUT2D eigenvalue weighted by atomic mass is 32.2. The number of rotatable bonds is 6. The van der Waals surface area contributed by atoms with Crippen molar-refractivity contribution in [2.75, 3.05) is 12.8 Å². The van der Waals surface area contributed by atoms with E-state index in [4.69, 9.17) is 0 Å². The molecule has 0 fully saturated rings. The fourth-order valence-corrected chi connectivity index (χ4v) is 3.23. The molecule has 2 aromatic carbocycles. The smallest absolute Gasteiger partial charge is 0.232 e. The number of thioether (sulfide) groups is 1. The van der Waals surface area contributed by atoms with Crippen molar-refractivity contribution in [3.63, 3.8) is 0 Å². The van der Waals surface area contributed by atoms with Gasteiger partial charge in [0.25, 0.3) is 0 Å². The van der Waals surface area contributed by atoms with E-state index in [0.29, 0.717) is 12.3 Å². The van der Waals surface area contributed by atoms with E-state index in [-0.39, 0.29) is 5.91 Å². The predicted octanol–water partition coefficient (Wildman–Crippen LogP) is 4.20. The Kier molecular flexibility index (Phi) is 6.08. The van der Waals surface area contributed by atoms with Gasteiger partial charge in [0.1, 0.15) is 0 Å². The summed E-state index contributed by atoms with van der Waals surface area (Å²) in [5.41, 5.74) is 5.01. The molecule has 0 aliphatic carbocycles. The van der Waals surface area contributed by atoms with E-state index in [0.717, 1.165) is 5.75 Å². The van der Waals surface area contributed by atoms with E-state index in [1.54, 1.807) is 16.7 Å². The zero-order valence-electron chi connectivity index (χ0n) is 13.5. The maximum absolute atomic E-state index is 12.2. The number of benzene rings is 2. The Labute approximate surface area is 137 Å². The number of hydrogen-bond acceptors (Lipinski definition) is 2. The molecule has 0 saturated carbocycles. The third-order valence-corrected chi connectivity index (χ3v) is 4.68. The molecule has 0 aromatic heterocycles. The molecular formula is C19H23NOS. The van der Waals surface area contributed by atoms with E-state index in [1.807, 2.05) is 19.2 Å². The lowest BCUT2D eigenvalue weighted by Crippen LogP contribution is -2.27. The average Bonchev–Trinajstić information content (AvgIpc) is 2.51. The van der Waals surface area contributed by atoms with Crippen LogP contribution in [-0.2, 0) is 17.1 Å². The summed E-state index contributed by atoms with van der Waals surface area (Å²) in [6.45, 7) is 4.85. The van der Waals surface area contributed by atoms with Gasteiger partial charge in [0.2, 0.25) is 5.91 Å². The molecule has 2 rings (SSSR count). The molecule has 0 aliphatic rings. The quantitative estimate of drug-likeness (QED) is 0.797. The number of nitrogens with zero attached hydrogens (tertiary/aromatic N) is 1. The van der Waals surface area contributed by atoms with Crippen molar-refractivity contribution >= 4 is 17.7 Å². The van der Waals surface area contributed by atoms with Gasteiger partial charge in [0.15, 0.2) is 0 Å². The Balaban J connectivity index is 1.79. The highest BCUT2D eigenvalue weighted by molar-refractivity contribution is 7.99. The van der Waals surface area contributed by atoms with Gasteiger partial charge in [-0.05, 0) is 30.5 Å². The zero-order valence-corrected chi connectivity index (χ0v) is 14.3. The number of aryl methyl sites for hydroxylation is 2. The molecule has 2 nitrogen and oxygen atoms in total. The van der Waals surface area contributed by atoms with Gasteiger partial charge in [0.05, 0.1) is 5.75 Å². The summed E-state index contributed by atoms with van der Waals surface area (Å²) in [7, 11) is 1.87. The van der Waals surface area contributed by atoms with E-state index >= 15 is 0 Å². The van der Waals surface area contributed by atoms with Crippen molar-refractivity contribution in [1.82, 2.24) is 4.90 Å². The number of amides is 1. The maximum atomic E-state index is 12.2. The molecular weight excluding hydrogens is 290 g/mol.